The first-order valence-corrected chi connectivity index (χ1v) is 9.38. The Morgan fingerprint density at radius 2 is 0.955 bits per heavy atom. The Kier molecular flexibility index (Phi) is 22.0. The van der Waals surface area contributed by atoms with E-state index in [4.69, 9.17) is 0 Å². The van der Waals surface area contributed by atoms with Gasteiger partial charge in [-0.05, 0) is 6.42 Å². The second-order valence-corrected chi connectivity index (χ2v) is 6.28. The van der Waals surface area contributed by atoms with Crippen LogP contribution in [0.1, 0.15) is 110 Å². The fraction of sp³-hybridized carbons (Fsp3) is 0.947. The van der Waals surface area contributed by atoms with Gasteiger partial charge in [0.15, 0.2) is 0 Å². The highest BCUT2D eigenvalue weighted by atomic mass is 16.5. The van der Waals surface area contributed by atoms with Crippen LogP contribution in [0.4, 0.5) is 0 Å². The fourth-order valence-corrected chi connectivity index (χ4v) is 2.74. The van der Waals surface area contributed by atoms with Crippen molar-refractivity contribution in [3.63, 3.8) is 0 Å². The van der Waals surface area contributed by atoms with Crippen LogP contribution in [0.5, 0.6) is 0 Å². The van der Waals surface area contributed by atoms with Crippen LogP contribution in [-0.4, -0.2) is 18.6 Å². The summed E-state index contributed by atoms with van der Waals surface area (Å²) in [4.78, 5) is 10.9. The lowest BCUT2D eigenvalue weighted by Crippen LogP contribution is -1.99. The molecule has 0 aromatic rings. The largest absolute Gasteiger partial charge is 0.469 e. The molecular formula is C19H40O3. The summed E-state index contributed by atoms with van der Waals surface area (Å²) in [6, 6.07) is 0. The molecule has 3 nitrogen and oxygen atoms in total. The number of esters is 1. The number of unbranched alkanes of at least 4 members (excludes halogenated alkanes) is 14. The molecule has 0 atom stereocenters. The standard InChI is InChI=1S/C19H38O2.H2O/c1-3-4-5-6-7-8-9-10-11-12-13-14-15-16-17-18-19(20)21-2;/h3-18H2,1-2H3;1H2. The summed E-state index contributed by atoms with van der Waals surface area (Å²) in [5.74, 6) is -0.0651. The minimum atomic E-state index is -0.0651. The molecule has 22 heavy (non-hydrogen) atoms. The quantitative estimate of drug-likeness (QED) is 0.275. The highest BCUT2D eigenvalue weighted by Gasteiger charge is 1.99. The van der Waals surface area contributed by atoms with Crippen molar-refractivity contribution in [3.05, 3.63) is 0 Å². The van der Waals surface area contributed by atoms with Gasteiger partial charge in [0, 0.05) is 6.42 Å². The molecule has 0 unspecified atom stereocenters. The van der Waals surface area contributed by atoms with Crippen LogP contribution in [0.15, 0.2) is 0 Å². The molecule has 0 saturated carbocycles. The van der Waals surface area contributed by atoms with Gasteiger partial charge >= 0.3 is 5.97 Å². The molecule has 0 aromatic heterocycles. The Morgan fingerprint density at radius 3 is 1.27 bits per heavy atom. The van der Waals surface area contributed by atoms with E-state index in [-0.39, 0.29) is 11.4 Å². The van der Waals surface area contributed by atoms with E-state index in [1.807, 2.05) is 0 Å². The van der Waals surface area contributed by atoms with Crippen molar-refractivity contribution in [1.82, 2.24) is 0 Å². The predicted octanol–water partition coefficient (Wildman–Crippen LogP) is 5.60. The molecule has 134 valence electrons. The van der Waals surface area contributed by atoms with Crippen LogP contribution in [0.3, 0.4) is 0 Å². The summed E-state index contributed by atoms with van der Waals surface area (Å²) in [7, 11) is 1.47. The third-order valence-electron chi connectivity index (χ3n) is 4.21. The first-order chi connectivity index (χ1) is 10.3. The van der Waals surface area contributed by atoms with Crippen LogP contribution < -0.4 is 0 Å². The lowest BCUT2D eigenvalue weighted by atomic mass is 10.0. The van der Waals surface area contributed by atoms with E-state index in [1.165, 1.54) is 97.0 Å². The number of carbonyl (C=O) groups excluding carboxylic acids is 1. The summed E-state index contributed by atoms with van der Waals surface area (Å²) < 4.78 is 4.63. The van der Waals surface area contributed by atoms with E-state index in [2.05, 4.69) is 11.7 Å². The first-order valence-electron chi connectivity index (χ1n) is 9.38. The van der Waals surface area contributed by atoms with Crippen molar-refractivity contribution >= 4 is 5.97 Å². The third-order valence-corrected chi connectivity index (χ3v) is 4.21. The fourth-order valence-electron chi connectivity index (χ4n) is 2.74. The smallest absolute Gasteiger partial charge is 0.305 e. The predicted molar refractivity (Wildman–Crippen MR) is 95.2 cm³/mol. The first kappa shape index (κ1) is 23.7. The molecule has 0 heterocycles. The van der Waals surface area contributed by atoms with Crippen LogP contribution in [-0.2, 0) is 9.53 Å². The van der Waals surface area contributed by atoms with E-state index < -0.39 is 0 Å². The highest BCUT2D eigenvalue weighted by molar-refractivity contribution is 5.68. The van der Waals surface area contributed by atoms with E-state index >= 15 is 0 Å². The monoisotopic (exact) mass is 316 g/mol. The maximum atomic E-state index is 10.9. The zero-order valence-corrected chi connectivity index (χ0v) is 15.1. The molecule has 0 fully saturated rings. The minimum absolute atomic E-state index is 0. The van der Waals surface area contributed by atoms with Crippen molar-refractivity contribution in [2.24, 2.45) is 0 Å². The number of hydrogen-bond donors (Lipinski definition) is 0. The molecule has 2 N–H and O–H groups in total. The molecule has 0 spiro atoms. The van der Waals surface area contributed by atoms with Gasteiger partial charge in [-0.3, -0.25) is 4.79 Å². The Hall–Kier alpha value is -0.570. The van der Waals surface area contributed by atoms with Gasteiger partial charge in [-0.15, -0.1) is 0 Å². The number of hydrogen-bond acceptors (Lipinski definition) is 2. The average molecular weight is 317 g/mol. The van der Waals surface area contributed by atoms with Crippen LogP contribution in [0, 0.1) is 0 Å². The molecule has 0 aliphatic heterocycles. The lowest BCUT2D eigenvalue weighted by molar-refractivity contribution is -0.140. The molecular weight excluding hydrogens is 276 g/mol. The van der Waals surface area contributed by atoms with Crippen LogP contribution >= 0.6 is 0 Å². The van der Waals surface area contributed by atoms with Crippen molar-refractivity contribution in [3.8, 4) is 0 Å². The normalized spacial score (nSPS) is 10.3. The maximum absolute atomic E-state index is 10.9. The molecule has 0 aliphatic rings. The van der Waals surface area contributed by atoms with E-state index in [1.54, 1.807) is 0 Å². The van der Waals surface area contributed by atoms with E-state index in [9.17, 15) is 4.79 Å². The van der Waals surface area contributed by atoms with Gasteiger partial charge in [-0.1, -0.05) is 96.8 Å². The molecule has 3 heteroatoms. The van der Waals surface area contributed by atoms with Gasteiger partial charge in [-0.2, -0.15) is 0 Å². The molecule has 0 aromatic carbocycles. The van der Waals surface area contributed by atoms with Crippen LogP contribution in [0.25, 0.3) is 0 Å². The molecule has 0 aliphatic carbocycles. The average Bonchev–Trinajstić information content (AvgIpc) is 2.50. The molecule has 0 radical (unpaired) electrons. The Balaban J connectivity index is 0. The minimum Gasteiger partial charge on any atom is -0.469 e. The SMILES string of the molecule is CCCCCCCCCCCCCCCCCC(=O)OC.O. The molecule has 0 rings (SSSR count). The highest BCUT2D eigenvalue weighted by Crippen LogP contribution is 2.13. The van der Waals surface area contributed by atoms with Crippen molar-refractivity contribution in [2.45, 2.75) is 110 Å². The van der Waals surface area contributed by atoms with Gasteiger partial charge < -0.3 is 10.2 Å². The lowest BCUT2D eigenvalue weighted by Gasteiger charge is -2.03. The number of ether oxygens (including phenoxy) is 1. The van der Waals surface area contributed by atoms with Gasteiger partial charge in [-0.25, -0.2) is 0 Å². The number of carbonyl (C=O) groups is 1. The Bertz CT molecular complexity index is 217. The van der Waals surface area contributed by atoms with Crippen LogP contribution in [0.2, 0.25) is 0 Å². The van der Waals surface area contributed by atoms with Gasteiger partial charge in [0.2, 0.25) is 0 Å². The van der Waals surface area contributed by atoms with Crippen molar-refractivity contribution in [1.29, 1.82) is 0 Å². The second kappa shape index (κ2) is 20.4. The third kappa shape index (κ3) is 19.4. The number of rotatable bonds is 16. The summed E-state index contributed by atoms with van der Waals surface area (Å²) in [6.07, 6.45) is 20.9. The van der Waals surface area contributed by atoms with Crippen molar-refractivity contribution in [2.75, 3.05) is 7.11 Å². The zero-order valence-electron chi connectivity index (χ0n) is 15.1. The summed E-state index contributed by atoms with van der Waals surface area (Å²) in [6.45, 7) is 2.28. The maximum Gasteiger partial charge on any atom is 0.305 e. The Morgan fingerprint density at radius 1 is 0.636 bits per heavy atom. The van der Waals surface area contributed by atoms with Gasteiger partial charge in [0.1, 0.15) is 0 Å². The molecule has 0 bridgehead atoms. The zero-order chi connectivity index (χ0) is 15.6. The Labute approximate surface area is 138 Å². The van der Waals surface area contributed by atoms with E-state index in [0.29, 0.717) is 6.42 Å². The second-order valence-electron chi connectivity index (χ2n) is 6.28. The summed E-state index contributed by atoms with van der Waals surface area (Å²) in [5.41, 5.74) is 0. The van der Waals surface area contributed by atoms with E-state index in [0.717, 1.165) is 6.42 Å². The molecule has 0 saturated heterocycles. The van der Waals surface area contributed by atoms with Gasteiger partial charge in [0.05, 0.1) is 7.11 Å². The van der Waals surface area contributed by atoms with Crippen molar-refractivity contribution < 1.29 is 15.0 Å². The number of methoxy groups -OCH3 is 1. The summed E-state index contributed by atoms with van der Waals surface area (Å²) >= 11 is 0. The topological polar surface area (TPSA) is 57.8 Å². The molecule has 0 amide bonds. The van der Waals surface area contributed by atoms with Gasteiger partial charge in [0.25, 0.3) is 0 Å². The summed E-state index contributed by atoms with van der Waals surface area (Å²) in [5, 5.41) is 0.